The van der Waals surface area contributed by atoms with Crippen LogP contribution in [0.5, 0.6) is 0 Å². The Bertz CT molecular complexity index is 654. The number of aliphatic hydroxyl groups is 1. The van der Waals surface area contributed by atoms with Gasteiger partial charge >= 0.3 is 5.97 Å². The highest BCUT2D eigenvalue weighted by Gasteiger charge is 2.78. The molecule has 0 saturated heterocycles. The van der Waals surface area contributed by atoms with E-state index in [9.17, 15) is 9.90 Å². The van der Waals surface area contributed by atoms with Gasteiger partial charge in [-0.25, -0.2) is 0 Å². The van der Waals surface area contributed by atoms with Gasteiger partial charge in [-0.3, -0.25) is 4.79 Å². The predicted octanol–water partition coefficient (Wildman–Crippen LogP) is 4.24. The predicted molar refractivity (Wildman–Crippen MR) is 95.7 cm³/mol. The molecule has 8 atom stereocenters. The van der Waals surface area contributed by atoms with E-state index in [0.29, 0.717) is 10.8 Å². The molecule has 3 nitrogen and oxygen atoms in total. The zero-order valence-electron chi connectivity index (χ0n) is 15.9. The van der Waals surface area contributed by atoms with Crippen LogP contribution in [0.1, 0.15) is 72.1 Å². The summed E-state index contributed by atoms with van der Waals surface area (Å²) >= 11 is 0. The quantitative estimate of drug-likeness (QED) is 0.571. The minimum Gasteiger partial charge on any atom is -0.462 e. The van der Waals surface area contributed by atoms with E-state index in [1.54, 1.807) is 12.5 Å². The average Bonchev–Trinajstić information content (AvgIpc) is 3.20. The summed E-state index contributed by atoms with van der Waals surface area (Å²) in [6.07, 6.45) is 11.6. The molecule has 138 valence electrons. The molecule has 4 saturated carbocycles. The van der Waals surface area contributed by atoms with E-state index in [1.807, 2.05) is 0 Å². The number of aliphatic hydroxyl groups excluding tert-OH is 1. The second-order valence-corrected chi connectivity index (χ2v) is 10.2. The molecule has 0 aliphatic heterocycles. The van der Waals surface area contributed by atoms with Crippen molar-refractivity contribution in [3.63, 3.8) is 0 Å². The summed E-state index contributed by atoms with van der Waals surface area (Å²) in [5.74, 6) is 2.17. The van der Waals surface area contributed by atoms with Crippen LogP contribution in [0.15, 0.2) is 11.6 Å². The van der Waals surface area contributed by atoms with Crippen LogP contribution in [0.4, 0.5) is 0 Å². The van der Waals surface area contributed by atoms with Crippen molar-refractivity contribution < 1.29 is 14.6 Å². The number of hydrogen-bond donors (Lipinski definition) is 1. The van der Waals surface area contributed by atoms with Crippen molar-refractivity contribution in [2.45, 2.75) is 84.3 Å². The zero-order valence-corrected chi connectivity index (χ0v) is 15.9. The molecule has 1 N–H and O–H groups in total. The van der Waals surface area contributed by atoms with E-state index in [1.165, 1.54) is 25.7 Å². The Morgan fingerprint density at radius 2 is 2.04 bits per heavy atom. The first-order valence-corrected chi connectivity index (χ1v) is 10.4. The first-order valence-electron chi connectivity index (χ1n) is 10.4. The van der Waals surface area contributed by atoms with E-state index in [4.69, 9.17) is 4.74 Å². The maximum Gasteiger partial charge on any atom is 0.302 e. The van der Waals surface area contributed by atoms with Gasteiger partial charge in [0.2, 0.25) is 0 Å². The molecule has 4 fully saturated rings. The summed E-state index contributed by atoms with van der Waals surface area (Å²) in [6, 6.07) is 0. The number of rotatable bonds is 1. The standard InChI is InChI=1S/C22H32O3/c1-13(23)25-19-11-15-12-22(15)18-5-4-14-10-16(24)6-8-20(14,2)17(18)7-9-21(19,22)3/h4,15-19,24H,5-12H2,1-3H3/t15-,16?,17+,18-,19+,20+,21-,22+/m1/s1. The van der Waals surface area contributed by atoms with Gasteiger partial charge in [-0.2, -0.15) is 0 Å². The molecule has 0 radical (unpaired) electrons. The number of ether oxygens (including phenoxy) is 1. The lowest BCUT2D eigenvalue weighted by atomic mass is 9.46. The van der Waals surface area contributed by atoms with Gasteiger partial charge in [-0.05, 0) is 80.0 Å². The zero-order chi connectivity index (χ0) is 17.6. The first kappa shape index (κ1) is 16.4. The summed E-state index contributed by atoms with van der Waals surface area (Å²) in [4.78, 5) is 11.6. The third-order valence-corrected chi connectivity index (χ3v) is 9.48. The van der Waals surface area contributed by atoms with Crippen molar-refractivity contribution in [1.82, 2.24) is 0 Å². The van der Waals surface area contributed by atoms with Crippen LogP contribution in [0.3, 0.4) is 0 Å². The largest absolute Gasteiger partial charge is 0.462 e. The van der Waals surface area contributed by atoms with Gasteiger partial charge in [0.05, 0.1) is 6.10 Å². The fraction of sp³-hybridized carbons (Fsp3) is 0.864. The third-order valence-electron chi connectivity index (χ3n) is 9.48. The number of esters is 1. The molecular weight excluding hydrogens is 312 g/mol. The molecule has 1 spiro atoms. The molecule has 3 heteroatoms. The number of carbonyl (C=O) groups is 1. The summed E-state index contributed by atoms with van der Waals surface area (Å²) in [7, 11) is 0. The Balaban J connectivity index is 1.50. The Morgan fingerprint density at radius 1 is 1.24 bits per heavy atom. The maximum absolute atomic E-state index is 11.6. The van der Waals surface area contributed by atoms with Crippen molar-refractivity contribution in [3.8, 4) is 0 Å². The topological polar surface area (TPSA) is 46.5 Å². The highest BCUT2D eigenvalue weighted by atomic mass is 16.5. The molecule has 0 bridgehead atoms. The van der Waals surface area contributed by atoms with E-state index in [2.05, 4.69) is 19.9 Å². The Hall–Kier alpha value is -0.830. The SMILES string of the molecule is CC(=O)O[C@H]1C[C@@H]2C[C@@]23[C@@H]2CC=C4CC(O)CC[C@]4(C)[C@H]2CC[C@]13C. The molecule has 0 heterocycles. The molecular formula is C22H32O3. The van der Waals surface area contributed by atoms with Gasteiger partial charge < -0.3 is 9.84 Å². The van der Waals surface area contributed by atoms with Crippen LogP contribution in [0.25, 0.3) is 0 Å². The molecule has 0 aromatic heterocycles. The highest BCUT2D eigenvalue weighted by molar-refractivity contribution is 5.66. The smallest absolute Gasteiger partial charge is 0.302 e. The average molecular weight is 344 g/mol. The van der Waals surface area contributed by atoms with Crippen molar-refractivity contribution in [2.75, 3.05) is 0 Å². The molecule has 0 aromatic carbocycles. The summed E-state index contributed by atoms with van der Waals surface area (Å²) in [6.45, 7) is 6.47. The van der Waals surface area contributed by atoms with Crippen molar-refractivity contribution in [1.29, 1.82) is 0 Å². The lowest BCUT2D eigenvalue weighted by Gasteiger charge is -2.59. The fourth-order valence-electron chi connectivity index (χ4n) is 8.19. The van der Waals surface area contributed by atoms with Gasteiger partial charge in [0.15, 0.2) is 0 Å². The van der Waals surface area contributed by atoms with Crippen LogP contribution >= 0.6 is 0 Å². The molecule has 0 aromatic rings. The van der Waals surface area contributed by atoms with Gasteiger partial charge in [-0.15, -0.1) is 0 Å². The number of allylic oxidation sites excluding steroid dienone is 1. The minimum absolute atomic E-state index is 0.108. The van der Waals surface area contributed by atoms with E-state index in [-0.39, 0.29) is 23.6 Å². The molecule has 0 amide bonds. The minimum atomic E-state index is -0.128. The van der Waals surface area contributed by atoms with Crippen LogP contribution in [-0.4, -0.2) is 23.3 Å². The first-order chi connectivity index (χ1) is 11.8. The number of hydrogen-bond acceptors (Lipinski definition) is 3. The monoisotopic (exact) mass is 344 g/mol. The summed E-state index contributed by atoms with van der Waals surface area (Å²) < 4.78 is 5.82. The van der Waals surface area contributed by atoms with Crippen molar-refractivity contribution in [2.24, 2.45) is 34.0 Å². The van der Waals surface area contributed by atoms with Gasteiger partial charge in [0.25, 0.3) is 0 Å². The number of fused-ring (bicyclic) bond motifs is 3. The summed E-state index contributed by atoms with van der Waals surface area (Å²) in [5.41, 5.74) is 2.43. The van der Waals surface area contributed by atoms with Gasteiger partial charge in [0.1, 0.15) is 6.10 Å². The maximum atomic E-state index is 11.6. The van der Waals surface area contributed by atoms with Gasteiger partial charge in [0, 0.05) is 12.3 Å². The van der Waals surface area contributed by atoms with E-state index < -0.39 is 0 Å². The molecule has 5 rings (SSSR count). The summed E-state index contributed by atoms with van der Waals surface area (Å²) in [5, 5.41) is 10.1. The number of carbonyl (C=O) groups excluding carboxylic acids is 1. The Labute approximate surface area is 151 Å². The lowest BCUT2D eigenvalue weighted by molar-refractivity contribution is -0.161. The Morgan fingerprint density at radius 3 is 2.80 bits per heavy atom. The van der Waals surface area contributed by atoms with Crippen LogP contribution < -0.4 is 0 Å². The second-order valence-electron chi connectivity index (χ2n) is 10.2. The second kappa shape index (κ2) is 4.91. The van der Waals surface area contributed by atoms with E-state index >= 15 is 0 Å². The normalized spacial score (nSPS) is 56.0. The van der Waals surface area contributed by atoms with Crippen LogP contribution in [-0.2, 0) is 9.53 Å². The van der Waals surface area contributed by atoms with E-state index in [0.717, 1.165) is 43.4 Å². The van der Waals surface area contributed by atoms with Crippen molar-refractivity contribution >= 4 is 5.97 Å². The third kappa shape index (κ3) is 1.89. The molecule has 25 heavy (non-hydrogen) atoms. The molecule has 5 aliphatic rings. The lowest BCUT2D eigenvalue weighted by Crippen LogP contribution is -2.54. The fourth-order valence-corrected chi connectivity index (χ4v) is 8.19. The van der Waals surface area contributed by atoms with Crippen LogP contribution in [0, 0.1) is 34.0 Å². The highest BCUT2D eigenvalue weighted by Crippen LogP contribution is 2.82. The Kier molecular flexibility index (Phi) is 3.21. The van der Waals surface area contributed by atoms with Crippen LogP contribution in [0.2, 0.25) is 0 Å². The van der Waals surface area contributed by atoms with Gasteiger partial charge in [-0.1, -0.05) is 25.5 Å². The molecule has 5 aliphatic carbocycles. The van der Waals surface area contributed by atoms with Crippen molar-refractivity contribution in [3.05, 3.63) is 11.6 Å². The molecule has 1 unspecified atom stereocenters.